The van der Waals surface area contributed by atoms with Crippen LogP contribution in [-0.2, 0) is 0 Å². The standard InChI is InChI=1S/C20H18FN3O/c1-13-2-10-17(11-3-13)24-19(20(25)22-16-8-9-16)12-18(23-24)14-4-6-15(21)7-5-14/h2-7,10-12,16H,8-9H2,1H3,(H,22,25). The van der Waals surface area contributed by atoms with Crippen LogP contribution in [0.25, 0.3) is 16.9 Å². The summed E-state index contributed by atoms with van der Waals surface area (Å²) in [6, 6.07) is 16.0. The van der Waals surface area contributed by atoms with Crippen LogP contribution in [0.5, 0.6) is 0 Å². The van der Waals surface area contributed by atoms with Crippen molar-refractivity contribution in [3.63, 3.8) is 0 Å². The van der Waals surface area contributed by atoms with Crippen LogP contribution in [0.3, 0.4) is 0 Å². The van der Waals surface area contributed by atoms with Crippen molar-refractivity contribution in [2.75, 3.05) is 0 Å². The van der Waals surface area contributed by atoms with Crippen LogP contribution in [-0.4, -0.2) is 21.7 Å². The zero-order valence-electron chi connectivity index (χ0n) is 13.9. The monoisotopic (exact) mass is 335 g/mol. The van der Waals surface area contributed by atoms with Crippen molar-refractivity contribution in [1.29, 1.82) is 0 Å². The summed E-state index contributed by atoms with van der Waals surface area (Å²) < 4.78 is 14.8. The van der Waals surface area contributed by atoms with E-state index in [9.17, 15) is 9.18 Å². The highest BCUT2D eigenvalue weighted by atomic mass is 19.1. The summed E-state index contributed by atoms with van der Waals surface area (Å²) in [6.07, 6.45) is 2.05. The predicted octanol–water partition coefficient (Wildman–Crippen LogP) is 3.88. The van der Waals surface area contributed by atoms with Crippen molar-refractivity contribution in [2.24, 2.45) is 0 Å². The van der Waals surface area contributed by atoms with Crippen LogP contribution in [0.15, 0.2) is 54.6 Å². The van der Waals surface area contributed by atoms with Gasteiger partial charge in [-0.25, -0.2) is 9.07 Å². The van der Waals surface area contributed by atoms with Crippen LogP contribution in [0, 0.1) is 12.7 Å². The molecule has 1 N–H and O–H groups in total. The summed E-state index contributed by atoms with van der Waals surface area (Å²) in [5.41, 5.74) is 3.85. The molecule has 1 fully saturated rings. The first kappa shape index (κ1) is 15.6. The lowest BCUT2D eigenvalue weighted by Gasteiger charge is -2.08. The predicted molar refractivity (Wildman–Crippen MR) is 94.2 cm³/mol. The van der Waals surface area contributed by atoms with Crippen molar-refractivity contribution in [3.8, 4) is 16.9 Å². The van der Waals surface area contributed by atoms with Gasteiger partial charge in [-0.05, 0) is 62.2 Å². The molecule has 1 aliphatic rings. The summed E-state index contributed by atoms with van der Waals surface area (Å²) in [5.74, 6) is -0.433. The molecule has 4 nitrogen and oxygen atoms in total. The fourth-order valence-electron chi connectivity index (χ4n) is 2.67. The number of benzene rings is 2. The topological polar surface area (TPSA) is 46.9 Å². The van der Waals surface area contributed by atoms with Gasteiger partial charge in [0.1, 0.15) is 11.5 Å². The van der Waals surface area contributed by atoms with Crippen LogP contribution >= 0.6 is 0 Å². The third kappa shape index (κ3) is 3.31. The Labute approximate surface area is 145 Å². The van der Waals surface area contributed by atoms with Crippen LogP contribution in [0.1, 0.15) is 28.9 Å². The third-order valence-corrected chi connectivity index (χ3v) is 4.27. The summed E-state index contributed by atoms with van der Waals surface area (Å²) in [6.45, 7) is 2.01. The number of halogens is 1. The number of hydrogen-bond donors (Lipinski definition) is 1. The van der Waals surface area contributed by atoms with Gasteiger partial charge < -0.3 is 5.32 Å². The smallest absolute Gasteiger partial charge is 0.270 e. The number of nitrogens with zero attached hydrogens (tertiary/aromatic N) is 2. The lowest BCUT2D eigenvalue weighted by Crippen LogP contribution is -2.27. The fourth-order valence-corrected chi connectivity index (χ4v) is 2.67. The van der Waals surface area contributed by atoms with Crippen molar-refractivity contribution in [2.45, 2.75) is 25.8 Å². The number of carbonyl (C=O) groups is 1. The van der Waals surface area contributed by atoms with E-state index in [0.717, 1.165) is 29.7 Å². The highest BCUT2D eigenvalue weighted by Gasteiger charge is 2.26. The average Bonchev–Trinajstić information content (AvgIpc) is 3.31. The molecular formula is C20H18FN3O. The second-order valence-electron chi connectivity index (χ2n) is 6.42. The highest BCUT2D eigenvalue weighted by molar-refractivity contribution is 5.94. The molecule has 0 spiro atoms. The molecule has 1 saturated carbocycles. The molecule has 0 bridgehead atoms. The van der Waals surface area contributed by atoms with E-state index < -0.39 is 0 Å². The zero-order valence-corrected chi connectivity index (χ0v) is 13.9. The van der Waals surface area contributed by atoms with Gasteiger partial charge in [0.25, 0.3) is 5.91 Å². The van der Waals surface area contributed by atoms with Crippen LogP contribution in [0.2, 0.25) is 0 Å². The average molecular weight is 335 g/mol. The molecule has 5 heteroatoms. The Morgan fingerprint density at radius 2 is 1.80 bits per heavy atom. The molecule has 25 heavy (non-hydrogen) atoms. The summed E-state index contributed by atoms with van der Waals surface area (Å²) in [4.78, 5) is 12.6. The largest absolute Gasteiger partial charge is 0.348 e. The van der Waals surface area contributed by atoms with Gasteiger partial charge in [-0.15, -0.1) is 0 Å². The van der Waals surface area contributed by atoms with Crippen molar-refractivity contribution in [3.05, 3.63) is 71.7 Å². The number of amides is 1. The van der Waals surface area contributed by atoms with E-state index in [2.05, 4.69) is 10.4 Å². The maximum atomic E-state index is 13.2. The van der Waals surface area contributed by atoms with Crippen LogP contribution in [0.4, 0.5) is 4.39 Å². The molecule has 0 atom stereocenters. The summed E-state index contributed by atoms with van der Waals surface area (Å²) in [7, 11) is 0. The molecule has 1 aromatic heterocycles. The molecular weight excluding hydrogens is 317 g/mol. The molecule has 2 aromatic carbocycles. The first-order chi connectivity index (χ1) is 12.1. The van der Waals surface area contributed by atoms with Crippen molar-refractivity contribution in [1.82, 2.24) is 15.1 Å². The minimum Gasteiger partial charge on any atom is -0.348 e. The molecule has 0 saturated heterocycles. The summed E-state index contributed by atoms with van der Waals surface area (Å²) in [5, 5.41) is 7.60. The Morgan fingerprint density at radius 1 is 1.12 bits per heavy atom. The van der Waals surface area contributed by atoms with E-state index >= 15 is 0 Å². The maximum Gasteiger partial charge on any atom is 0.270 e. The van der Waals surface area contributed by atoms with E-state index in [1.54, 1.807) is 22.9 Å². The van der Waals surface area contributed by atoms with E-state index in [4.69, 9.17) is 0 Å². The number of aromatic nitrogens is 2. The van der Waals surface area contributed by atoms with Crippen molar-refractivity contribution < 1.29 is 9.18 Å². The molecule has 4 rings (SSSR count). The Bertz CT molecular complexity index is 909. The van der Waals surface area contributed by atoms with Gasteiger partial charge in [-0.2, -0.15) is 5.10 Å². The highest BCUT2D eigenvalue weighted by Crippen LogP contribution is 2.24. The Balaban J connectivity index is 1.77. The van der Waals surface area contributed by atoms with Gasteiger partial charge in [0.05, 0.1) is 11.4 Å². The summed E-state index contributed by atoms with van der Waals surface area (Å²) >= 11 is 0. The zero-order chi connectivity index (χ0) is 17.4. The number of nitrogens with one attached hydrogen (secondary N) is 1. The molecule has 3 aromatic rings. The Morgan fingerprint density at radius 3 is 2.44 bits per heavy atom. The molecule has 1 aliphatic carbocycles. The van der Waals surface area contributed by atoms with Gasteiger partial charge >= 0.3 is 0 Å². The first-order valence-corrected chi connectivity index (χ1v) is 8.34. The van der Waals surface area contributed by atoms with Gasteiger partial charge in [0.15, 0.2) is 0 Å². The quantitative estimate of drug-likeness (QED) is 0.786. The van der Waals surface area contributed by atoms with Crippen LogP contribution < -0.4 is 5.32 Å². The lowest BCUT2D eigenvalue weighted by atomic mass is 10.1. The number of rotatable bonds is 4. The second-order valence-corrected chi connectivity index (χ2v) is 6.42. The van der Waals surface area contributed by atoms with Gasteiger partial charge in [-0.3, -0.25) is 4.79 Å². The maximum absolute atomic E-state index is 13.2. The normalized spacial score (nSPS) is 13.7. The lowest BCUT2D eigenvalue weighted by molar-refractivity contribution is 0.0943. The van der Waals surface area contributed by atoms with E-state index in [-0.39, 0.29) is 17.8 Å². The molecule has 0 radical (unpaired) electrons. The van der Waals surface area contributed by atoms with E-state index in [0.29, 0.717) is 11.4 Å². The van der Waals surface area contributed by atoms with Gasteiger partial charge in [-0.1, -0.05) is 17.7 Å². The number of hydrogen-bond acceptors (Lipinski definition) is 2. The second kappa shape index (κ2) is 6.16. The SMILES string of the molecule is Cc1ccc(-n2nc(-c3ccc(F)cc3)cc2C(=O)NC2CC2)cc1. The van der Waals surface area contributed by atoms with Gasteiger partial charge in [0, 0.05) is 11.6 Å². The molecule has 1 heterocycles. The molecule has 1 amide bonds. The molecule has 0 unspecified atom stereocenters. The number of carbonyl (C=O) groups excluding carboxylic acids is 1. The number of aryl methyl sites for hydroxylation is 1. The minimum atomic E-state index is -0.298. The van der Waals surface area contributed by atoms with Crippen molar-refractivity contribution >= 4 is 5.91 Å². The van der Waals surface area contributed by atoms with Gasteiger partial charge in [0.2, 0.25) is 0 Å². The Kier molecular flexibility index (Phi) is 3.84. The first-order valence-electron chi connectivity index (χ1n) is 8.34. The fraction of sp³-hybridized carbons (Fsp3) is 0.200. The molecule has 0 aliphatic heterocycles. The third-order valence-electron chi connectivity index (χ3n) is 4.27. The Hall–Kier alpha value is -2.95. The van der Waals surface area contributed by atoms with E-state index in [1.807, 2.05) is 31.2 Å². The van der Waals surface area contributed by atoms with E-state index in [1.165, 1.54) is 12.1 Å². The molecule has 126 valence electrons. The minimum absolute atomic E-state index is 0.135.